The first kappa shape index (κ1) is 12.7. The number of nitrogens with zero attached hydrogens (tertiary/aromatic N) is 2. The highest BCUT2D eigenvalue weighted by Gasteiger charge is 2.25. The van der Waals surface area contributed by atoms with Gasteiger partial charge in [-0.25, -0.2) is 0 Å². The molecule has 104 valence electrons. The van der Waals surface area contributed by atoms with Crippen LogP contribution in [0.3, 0.4) is 0 Å². The molecule has 0 bridgehead atoms. The summed E-state index contributed by atoms with van der Waals surface area (Å²) in [5.41, 5.74) is 13.3. The maximum Gasteiger partial charge on any atom is 0.222 e. The Labute approximate surface area is 117 Å². The molecule has 1 amide bonds. The fourth-order valence-corrected chi connectivity index (χ4v) is 2.90. The highest BCUT2D eigenvalue weighted by molar-refractivity contribution is 6.01. The standard InChI is InChI=1S/C15H18N4O/c16-13-3-4-14(11-5-6-18-8-12(11)13)19-7-1-2-10(9-19)15(17)20/h3-6,8,10H,1-2,7,9,16H2,(H2,17,20). The number of hydrogen-bond acceptors (Lipinski definition) is 4. The molecule has 0 radical (unpaired) electrons. The number of fused-ring (bicyclic) bond motifs is 1. The lowest BCUT2D eigenvalue weighted by Gasteiger charge is -2.33. The minimum absolute atomic E-state index is 0.0711. The van der Waals surface area contributed by atoms with Crippen molar-refractivity contribution >= 4 is 28.1 Å². The van der Waals surface area contributed by atoms with Gasteiger partial charge in [0.15, 0.2) is 0 Å². The molecule has 2 heterocycles. The summed E-state index contributed by atoms with van der Waals surface area (Å²) in [6.45, 7) is 1.61. The minimum atomic E-state index is -0.212. The van der Waals surface area contributed by atoms with Crippen molar-refractivity contribution in [3.8, 4) is 0 Å². The van der Waals surface area contributed by atoms with Crippen LogP contribution in [0, 0.1) is 5.92 Å². The molecule has 1 aliphatic heterocycles. The van der Waals surface area contributed by atoms with Crippen LogP contribution in [0.5, 0.6) is 0 Å². The monoisotopic (exact) mass is 270 g/mol. The number of hydrogen-bond donors (Lipinski definition) is 2. The second-order valence-electron chi connectivity index (χ2n) is 5.28. The molecule has 4 N–H and O–H groups in total. The number of rotatable bonds is 2. The van der Waals surface area contributed by atoms with Crippen LogP contribution in [0.25, 0.3) is 10.8 Å². The van der Waals surface area contributed by atoms with E-state index in [9.17, 15) is 4.79 Å². The van der Waals surface area contributed by atoms with Crippen molar-refractivity contribution < 1.29 is 4.79 Å². The van der Waals surface area contributed by atoms with Gasteiger partial charge in [-0.05, 0) is 31.0 Å². The fourth-order valence-electron chi connectivity index (χ4n) is 2.90. The van der Waals surface area contributed by atoms with Gasteiger partial charge >= 0.3 is 0 Å². The Morgan fingerprint density at radius 3 is 2.95 bits per heavy atom. The Balaban J connectivity index is 2.02. The number of pyridine rings is 1. The molecule has 0 aliphatic carbocycles. The lowest BCUT2D eigenvalue weighted by Crippen LogP contribution is -2.41. The van der Waals surface area contributed by atoms with Crippen LogP contribution in [0.2, 0.25) is 0 Å². The average Bonchev–Trinajstić information content (AvgIpc) is 2.48. The van der Waals surface area contributed by atoms with E-state index < -0.39 is 0 Å². The SMILES string of the molecule is NC(=O)C1CCCN(c2ccc(N)c3cnccc23)C1. The third-order valence-corrected chi connectivity index (χ3v) is 3.99. The molecule has 1 fully saturated rings. The quantitative estimate of drug-likeness (QED) is 0.810. The number of piperidine rings is 1. The smallest absolute Gasteiger partial charge is 0.222 e. The van der Waals surface area contributed by atoms with Gasteiger partial charge < -0.3 is 16.4 Å². The molecule has 1 unspecified atom stereocenters. The molecule has 0 spiro atoms. The number of amides is 1. The first-order valence-corrected chi connectivity index (χ1v) is 6.83. The van der Waals surface area contributed by atoms with Gasteiger partial charge in [0, 0.05) is 47.6 Å². The number of carbonyl (C=O) groups excluding carboxylic acids is 1. The summed E-state index contributed by atoms with van der Waals surface area (Å²) in [5.74, 6) is -0.283. The Morgan fingerprint density at radius 1 is 1.30 bits per heavy atom. The third kappa shape index (κ3) is 2.15. The van der Waals surface area contributed by atoms with Crippen molar-refractivity contribution in [1.82, 2.24) is 4.98 Å². The average molecular weight is 270 g/mol. The molecule has 1 aromatic carbocycles. The van der Waals surface area contributed by atoms with Crippen LogP contribution in [0.4, 0.5) is 11.4 Å². The summed E-state index contributed by atoms with van der Waals surface area (Å²) in [6, 6.07) is 5.88. The normalized spacial score (nSPS) is 19.2. The molecule has 1 aromatic heterocycles. The van der Waals surface area contributed by atoms with Crippen LogP contribution in [0.15, 0.2) is 30.6 Å². The van der Waals surface area contributed by atoms with Crippen molar-refractivity contribution in [3.05, 3.63) is 30.6 Å². The largest absolute Gasteiger partial charge is 0.398 e. The molecule has 1 aliphatic rings. The second kappa shape index (κ2) is 5.00. The Bertz CT molecular complexity index is 655. The number of nitrogens with two attached hydrogens (primary N) is 2. The van der Waals surface area contributed by atoms with E-state index in [1.54, 1.807) is 12.4 Å². The van der Waals surface area contributed by atoms with Crippen molar-refractivity contribution in [1.29, 1.82) is 0 Å². The van der Waals surface area contributed by atoms with E-state index in [1.807, 2.05) is 18.2 Å². The summed E-state index contributed by atoms with van der Waals surface area (Å²) < 4.78 is 0. The zero-order valence-electron chi connectivity index (χ0n) is 11.2. The molecule has 5 nitrogen and oxygen atoms in total. The number of carbonyl (C=O) groups is 1. The van der Waals surface area contributed by atoms with Gasteiger partial charge in [-0.15, -0.1) is 0 Å². The van der Waals surface area contributed by atoms with Crippen molar-refractivity contribution in [2.24, 2.45) is 11.7 Å². The first-order chi connectivity index (χ1) is 9.66. The Hall–Kier alpha value is -2.30. The molecular formula is C15H18N4O. The molecule has 5 heteroatoms. The van der Waals surface area contributed by atoms with Crippen LogP contribution in [0.1, 0.15) is 12.8 Å². The number of primary amides is 1. The summed E-state index contributed by atoms with van der Waals surface area (Å²) in [6.07, 6.45) is 5.40. The highest BCUT2D eigenvalue weighted by Crippen LogP contribution is 2.32. The number of aromatic nitrogens is 1. The van der Waals surface area contributed by atoms with Crippen molar-refractivity contribution in [2.45, 2.75) is 12.8 Å². The van der Waals surface area contributed by atoms with Crippen LogP contribution < -0.4 is 16.4 Å². The summed E-state index contributed by atoms with van der Waals surface area (Å²) in [4.78, 5) is 17.8. The molecular weight excluding hydrogens is 252 g/mol. The maximum absolute atomic E-state index is 11.4. The van der Waals surface area contributed by atoms with Crippen LogP contribution in [-0.4, -0.2) is 24.0 Å². The maximum atomic E-state index is 11.4. The number of benzene rings is 1. The van der Waals surface area contributed by atoms with Gasteiger partial charge in [-0.2, -0.15) is 0 Å². The van der Waals surface area contributed by atoms with Crippen LogP contribution >= 0.6 is 0 Å². The van der Waals surface area contributed by atoms with Gasteiger partial charge in [0.25, 0.3) is 0 Å². The number of nitrogen functional groups attached to an aromatic ring is 1. The molecule has 1 saturated heterocycles. The summed E-state index contributed by atoms with van der Waals surface area (Å²) in [7, 11) is 0. The van der Waals surface area contributed by atoms with E-state index in [-0.39, 0.29) is 11.8 Å². The molecule has 0 saturated carbocycles. The molecule has 2 aromatic rings. The van der Waals surface area contributed by atoms with E-state index in [2.05, 4.69) is 9.88 Å². The lowest BCUT2D eigenvalue weighted by molar-refractivity contribution is -0.122. The molecule has 1 atom stereocenters. The van der Waals surface area contributed by atoms with Gasteiger partial charge in [0.2, 0.25) is 5.91 Å². The summed E-state index contributed by atoms with van der Waals surface area (Å²) >= 11 is 0. The van der Waals surface area contributed by atoms with Crippen LogP contribution in [-0.2, 0) is 4.79 Å². The van der Waals surface area contributed by atoms with Gasteiger partial charge in [0.05, 0.1) is 5.92 Å². The fraction of sp³-hybridized carbons (Fsp3) is 0.333. The molecule has 3 rings (SSSR count). The predicted molar refractivity (Wildman–Crippen MR) is 80.3 cm³/mol. The van der Waals surface area contributed by atoms with Crippen molar-refractivity contribution in [2.75, 3.05) is 23.7 Å². The topological polar surface area (TPSA) is 85.2 Å². The number of anilines is 2. The zero-order valence-corrected chi connectivity index (χ0v) is 11.2. The van der Waals surface area contributed by atoms with E-state index >= 15 is 0 Å². The van der Waals surface area contributed by atoms with Gasteiger partial charge in [-0.3, -0.25) is 9.78 Å². The van der Waals surface area contributed by atoms with Crippen molar-refractivity contribution in [3.63, 3.8) is 0 Å². The second-order valence-corrected chi connectivity index (χ2v) is 5.28. The van der Waals surface area contributed by atoms with E-state index in [0.29, 0.717) is 6.54 Å². The molecule has 20 heavy (non-hydrogen) atoms. The first-order valence-electron chi connectivity index (χ1n) is 6.83. The minimum Gasteiger partial charge on any atom is -0.398 e. The Kier molecular flexibility index (Phi) is 3.18. The zero-order chi connectivity index (χ0) is 14.1. The van der Waals surface area contributed by atoms with E-state index in [4.69, 9.17) is 11.5 Å². The predicted octanol–water partition coefficient (Wildman–Crippen LogP) is 1.52. The van der Waals surface area contributed by atoms with E-state index in [0.717, 1.165) is 41.5 Å². The summed E-state index contributed by atoms with van der Waals surface area (Å²) in [5, 5.41) is 2.02. The highest BCUT2D eigenvalue weighted by atomic mass is 16.1. The van der Waals surface area contributed by atoms with Gasteiger partial charge in [-0.1, -0.05) is 0 Å². The lowest BCUT2D eigenvalue weighted by atomic mass is 9.96. The van der Waals surface area contributed by atoms with E-state index in [1.165, 1.54) is 0 Å². The Morgan fingerprint density at radius 2 is 2.15 bits per heavy atom. The van der Waals surface area contributed by atoms with Gasteiger partial charge in [0.1, 0.15) is 0 Å². The third-order valence-electron chi connectivity index (χ3n) is 3.99.